The maximum atomic E-state index is 4.54. The smallest absolute Gasteiger partial charge is 0.225 e. The number of nitrogens with zero attached hydrogens (tertiary/aromatic N) is 4. The van der Waals surface area contributed by atoms with Gasteiger partial charge in [0.2, 0.25) is 5.95 Å². The predicted octanol–water partition coefficient (Wildman–Crippen LogP) is 1.26. The van der Waals surface area contributed by atoms with E-state index in [0.717, 1.165) is 44.7 Å². The number of rotatable bonds is 5. The van der Waals surface area contributed by atoms with Crippen LogP contribution in [0.15, 0.2) is 12.4 Å². The minimum absolute atomic E-state index is 0.577. The van der Waals surface area contributed by atoms with Crippen LogP contribution in [0, 0.1) is 0 Å². The van der Waals surface area contributed by atoms with Gasteiger partial charge in [0.05, 0.1) is 0 Å². The summed E-state index contributed by atoms with van der Waals surface area (Å²) in [6, 6.07) is 1.31. The molecule has 0 spiro atoms. The van der Waals surface area contributed by atoms with E-state index < -0.39 is 0 Å². The van der Waals surface area contributed by atoms with E-state index in [1.54, 1.807) is 0 Å². The lowest BCUT2D eigenvalue weighted by Crippen LogP contribution is -2.52. The molecule has 1 saturated heterocycles. The molecule has 2 fully saturated rings. The Labute approximate surface area is 121 Å². The first-order chi connectivity index (χ1) is 9.76. The van der Waals surface area contributed by atoms with Gasteiger partial charge in [-0.3, -0.25) is 4.90 Å². The average molecular weight is 275 g/mol. The minimum atomic E-state index is 0.577. The second-order valence-electron chi connectivity index (χ2n) is 5.97. The van der Waals surface area contributed by atoms with E-state index in [0.29, 0.717) is 6.04 Å². The number of likely N-dealkylation sites (N-methyl/N-ethyl adjacent to an activating group) is 1. The van der Waals surface area contributed by atoms with Crippen LogP contribution < -0.4 is 10.2 Å². The van der Waals surface area contributed by atoms with E-state index in [9.17, 15) is 0 Å². The Hall–Kier alpha value is -1.20. The molecule has 5 nitrogen and oxygen atoms in total. The van der Waals surface area contributed by atoms with Crippen molar-refractivity contribution in [1.82, 2.24) is 20.2 Å². The van der Waals surface area contributed by atoms with Gasteiger partial charge >= 0.3 is 0 Å². The van der Waals surface area contributed by atoms with Crippen LogP contribution in [0.2, 0.25) is 0 Å². The zero-order valence-corrected chi connectivity index (χ0v) is 12.5. The van der Waals surface area contributed by atoms with Crippen molar-refractivity contribution >= 4 is 5.95 Å². The number of hydrogen-bond donors (Lipinski definition) is 1. The van der Waals surface area contributed by atoms with Crippen LogP contribution in [0.4, 0.5) is 5.95 Å². The largest absolute Gasteiger partial charge is 0.338 e. The molecule has 1 aromatic heterocycles. The Morgan fingerprint density at radius 1 is 1.25 bits per heavy atom. The van der Waals surface area contributed by atoms with Crippen molar-refractivity contribution in [2.45, 2.75) is 45.3 Å². The van der Waals surface area contributed by atoms with Gasteiger partial charge in [0, 0.05) is 56.2 Å². The number of anilines is 1. The molecule has 0 radical (unpaired) electrons. The average Bonchev–Trinajstić information content (AvgIpc) is 3.30. The third-order valence-electron chi connectivity index (χ3n) is 4.32. The number of hydrogen-bond acceptors (Lipinski definition) is 5. The SMILES string of the molecule is CCN1CCN(c2ncc(CNC3CC3)cn2)CC1C. The van der Waals surface area contributed by atoms with Gasteiger partial charge in [0.1, 0.15) is 0 Å². The van der Waals surface area contributed by atoms with Crippen LogP contribution in [0.25, 0.3) is 0 Å². The lowest BCUT2D eigenvalue weighted by atomic mass is 10.2. The number of nitrogens with one attached hydrogen (secondary N) is 1. The molecule has 2 heterocycles. The lowest BCUT2D eigenvalue weighted by molar-refractivity contribution is 0.198. The van der Waals surface area contributed by atoms with E-state index in [1.165, 1.54) is 18.4 Å². The Kier molecular flexibility index (Phi) is 4.17. The molecule has 1 aliphatic heterocycles. The monoisotopic (exact) mass is 275 g/mol. The summed E-state index contributed by atoms with van der Waals surface area (Å²) in [6.07, 6.45) is 6.57. The van der Waals surface area contributed by atoms with Crippen molar-refractivity contribution in [2.75, 3.05) is 31.1 Å². The second kappa shape index (κ2) is 6.06. The summed E-state index contributed by atoms with van der Waals surface area (Å²) in [5.41, 5.74) is 1.18. The molecule has 110 valence electrons. The molecule has 0 aromatic carbocycles. The Bertz CT molecular complexity index is 428. The van der Waals surface area contributed by atoms with Gasteiger partial charge in [-0.2, -0.15) is 0 Å². The third kappa shape index (κ3) is 3.27. The highest BCUT2D eigenvalue weighted by Crippen LogP contribution is 2.19. The van der Waals surface area contributed by atoms with Crippen LogP contribution in [-0.4, -0.2) is 53.1 Å². The van der Waals surface area contributed by atoms with Crippen LogP contribution >= 0.6 is 0 Å². The summed E-state index contributed by atoms with van der Waals surface area (Å²) in [4.78, 5) is 13.9. The third-order valence-corrected chi connectivity index (χ3v) is 4.32. The molecule has 20 heavy (non-hydrogen) atoms. The van der Waals surface area contributed by atoms with Crippen LogP contribution in [0.1, 0.15) is 32.3 Å². The van der Waals surface area contributed by atoms with Crippen molar-refractivity contribution in [3.8, 4) is 0 Å². The van der Waals surface area contributed by atoms with Crippen molar-refractivity contribution in [2.24, 2.45) is 0 Å². The first-order valence-corrected chi connectivity index (χ1v) is 7.79. The van der Waals surface area contributed by atoms with Gasteiger partial charge < -0.3 is 10.2 Å². The summed E-state index contributed by atoms with van der Waals surface area (Å²) < 4.78 is 0. The molecule has 1 aromatic rings. The highest BCUT2D eigenvalue weighted by Gasteiger charge is 2.24. The van der Waals surface area contributed by atoms with Gasteiger partial charge in [-0.1, -0.05) is 6.92 Å². The molecular formula is C15H25N5. The van der Waals surface area contributed by atoms with Gasteiger partial charge in [-0.25, -0.2) is 9.97 Å². The van der Waals surface area contributed by atoms with Crippen LogP contribution in [-0.2, 0) is 6.54 Å². The summed E-state index contributed by atoms with van der Waals surface area (Å²) in [5, 5.41) is 3.49. The minimum Gasteiger partial charge on any atom is -0.338 e. The summed E-state index contributed by atoms with van der Waals surface area (Å²) in [5.74, 6) is 0.878. The maximum absolute atomic E-state index is 4.54. The highest BCUT2D eigenvalue weighted by atomic mass is 15.3. The topological polar surface area (TPSA) is 44.3 Å². The van der Waals surface area contributed by atoms with Gasteiger partial charge in [-0.05, 0) is 26.3 Å². The molecule has 1 aliphatic carbocycles. The first-order valence-electron chi connectivity index (χ1n) is 7.79. The predicted molar refractivity (Wildman–Crippen MR) is 80.8 cm³/mol. The summed E-state index contributed by atoms with van der Waals surface area (Å²) in [7, 11) is 0. The van der Waals surface area contributed by atoms with Crippen molar-refractivity contribution in [3.63, 3.8) is 0 Å². The first kappa shape index (κ1) is 13.8. The number of aromatic nitrogens is 2. The Morgan fingerprint density at radius 2 is 2.00 bits per heavy atom. The summed E-state index contributed by atoms with van der Waals surface area (Å²) >= 11 is 0. The van der Waals surface area contributed by atoms with Gasteiger partial charge in [0.25, 0.3) is 0 Å². The quantitative estimate of drug-likeness (QED) is 0.876. The fourth-order valence-corrected chi connectivity index (χ4v) is 2.80. The molecule has 3 rings (SSSR count). The molecule has 1 unspecified atom stereocenters. The van der Waals surface area contributed by atoms with Crippen LogP contribution in [0.3, 0.4) is 0 Å². The fourth-order valence-electron chi connectivity index (χ4n) is 2.80. The fraction of sp³-hybridized carbons (Fsp3) is 0.733. The van der Waals surface area contributed by atoms with Crippen molar-refractivity contribution in [3.05, 3.63) is 18.0 Å². The van der Waals surface area contributed by atoms with E-state index in [1.807, 2.05) is 12.4 Å². The molecule has 1 atom stereocenters. The van der Waals surface area contributed by atoms with E-state index in [2.05, 4.69) is 38.9 Å². The standard InChI is InChI=1S/C15H25N5/c1-3-19-6-7-20(11-12(19)2)15-17-9-13(10-18-15)8-16-14-4-5-14/h9-10,12,14,16H,3-8,11H2,1-2H3. The van der Waals surface area contributed by atoms with E-state index >= 15 is 0 Å². The van der Waals surface area contributed by atoms with Gasteiger partial charge in [-0.15, -0.1) is 0 Å². The number of piperazine rings is 1. The zero-order valence-electron chi connectivity index (χ0n) is 12.5. The van der Waals surface area contributed by atoms with Crippen molar-refractivity contribution < 1.29 is 0 Å². The van der Waals surface area contributed by atoms with Gasteiger partial charge in [0.15, 0.2) is 0 Å². The molecule has 0 amide bonds. The Balaban J connectivity index is 1.56. The second-order valence-corrected chi connectivity index (χ2v) is 5.97. The maximum Gasteiger partial charge on any atom is 0.225 e. The Morgan fingerprint density at radius 3 is 2.60 bits per heavy atom. The molecule has 2 aliphatic rings. The zero-order chi connectivity index (χ0) is 13.9. The molecule has 1 N–H and O–H groups in total. The molecule has 5 heteroatoms. The van der Waals surface area contributed by atoms with E-state index in [-0.39, 0.29) is 0 Å². The van der Waals surface area contributed by atoms with Crippen molar-refractivity contribution in [1.29, 1.82) is 0 Å². The normalized spacial score (nSPS) is 24.1. The molecular weight excluding hydrogens is 250 g/mol. The van der Waals surface area contributed by atoms with Crippen LogP contribution in [0.5, 0.6) is 0 Å². The molecule has 1 saturated carbocycles. The van der Waals surface area contributed by atoms with E-state index in [4.69, 9.17) is 0 Å². The highest BCUT2D eigenvalue weighted by molar-refractivity contribution is 5.31. The molecule has 0 bridgehead atoms. The lowest BCUT2D eigenvalue weighted by Gasteiger charge is -2.39. The summed E-state index contributed by atoms with van der Waals surface area (Å²) in [6.45, 7) is 9.68.